The maximum atomic E-state index is 12.4. The van der Waals surface area contributed by atoms with E-state index in [1.54, 1.807) is 0 Å². The second-order valence-corrected chi connectivity index (χ2v) is 6.82. The summed E-state index contributed by atoms with van der Waals surface area (Å²) in [7, 11) is 2.08. The molecule has 5 heteroatoms. The summed E-state index contributed by atoms with van der Waals surface area (Å²) in [4.78, 5) is 28.6. The number of nitrogens with one attached hydrogen (secondary N) is 1. The number of carbonyl (C=O) groups is 2. The third-order valence-electron chi connectivity index (χ3n) is 4.78. The van der Waals surface area contributed by atoms with E-state index < -0.39 is 5.41 Å². The SMILES string of the molecule is CN1CCN(C(=O)Cc2ccc3c(c2)C(C)(C)C(=O)N3)CC1. The summed E-state index contributed by atoms with van der Waals surface area (Å²) in [5.74, 6) is 0.188. The molecule has 0 bridgehead atoms. The van der Waals surface area contributed by atoms with E-state index in [4.69, 9.17) is 0 Å². The first-order valence-corrected chi connectivity index (χ1v) is 7.79. The lowest BCUT2D eigenvalue weighted by Crippen LogP contribution is -2.47. The smallest absolute Gasteiger partial charge is 0.234 e. The van der Waals surface area contributed by atoms with Gasteiger partial charge in [0.1, 0.15) is 0 Å². The first-order valence-electron chi connectivity index (χ1n) is 7.79. The summed E-state index contributed by atoms with van der Waals surface area (Å²) in [6, 6.07) is 5.85. The summed E-state index contributed by atoms with van der Waals surface area (Å²) in [6.07, 6.45) is 0.404. The van der Waals surface area contributed by atoms with Crippen molar-refractivity contribution in [2.75, 3.05) is 38.5 Å². The van der Waals surface area contributed by atoms with Gasteiger partial charge in [0.05, 0.1) is 11.8 Å². The first kappa shape index (κ1) is 15.0. The molecule has 2 aliphatic rings. The van der Waals surface area contributed by atoms with Gasteiger partial charge in [0, 0.05) is 31.9 Å². The monoisotopic (exact) mass is 301 g/mol. The molecule has 2 heterocycles. The Labute approximate surface area is 131 Å². The molecule has 0 saturated carbocycles. The molecule has 0 spiro atoms. The van der Waals surface area contributed by atoms with Crippen LogP contribution in [0.1, 0.15) is 25.0 Å². The van der Waals surface area contributed by atoms with Gasteiger partial charge >= 0.3 is 0 Å². The second kappa shape index (κ2) is 5.39. The van der Waals surface area contributed by atoms with Crippen molar-refractivity contribution in [3.8, 4) is 0 Å². The third-order valence-corrected chi connectivity index (χ3v) is 4.78. The molecule has 0 aromatic heterocycles. The molecule has 5 nitrogen and oxygen atoms in total. The molecule has 3 rings (SSSR count). The Kier molecular flexibility index (Phi) is 3.68. The third kappa shape index (κ3) is 2.61. The molecular weight excluding hydrogens is 278 g/mol. The van der Waals surface area contributed by atoms with Gasteiger partial charge in [-0.25, -0.2) is 0 Å². The highest BCUT2D eigenvalue weighted by molar-refractivity contribution is 6.05. The van der Waals surface area contributed by atoms with Crippen LogP contribution in [0.3, 0.4) is 0 Å². The largest absolute Gasteiger partial charge is 0.340 e. The standard InChI is InChI=1S/C17H23N3O2/c1-17(2)13-10-12(4-5-14(13)18-16(17)22)11-15(21)20-8-6-19(3)7-9-20/h4-5,10H,6-9,11H2,1-3H3,(H,18,22). The zero-order chi connectivity index (χ0) is 15.9. The van der Waals surface area contributed by atoms with Crippen molar-refractivity contribution in [3.05, 3.63) is 29.3 Å². The molecule has 1 aromatic carbocycles. The lowest BCUT2D eigenvalue weighted by molar-refractivity contribution is -0.132. The second-order valence-electron chi connectivity index (χ2n) is 6.82. The van der Waals surface area contributed by atoms with E-state index in [1.807, 2.05) is 36.9 Å². The van der Waals surface area contributed by atoms with Gasteiger partial charge in [0.25, 0.3) is 0 Å². The maximum Gasteiger partial charge on any atom is 0.234 e. The Morgan fingerprint density at radius 3 is 2.59 bits per heavy atom. The molecule has 0 radical (unpaired) electrons. The molecule has 1 saturated heterocycles. The normalized spacial score (nSPS) is 20.7. The fraction of sp³-hybridized carbons (Fsp3) is 0.529. The van der Waals surface area contributed by atoms with Gasteiger partial charge in [0.2, 0.25) is 11.8 Å². The molecule has 2 aliphatic heterocycles. The van der Waals surface area contributed by atoms with E-state index in [1.165, 1.54) is 0 Å². The van der Waals surface area contributed by atoms with Gasteiger partial charge in [-0.1, -0.05) is 12.1 Å². The lowest BCUT2D eigenvalue weighted by Gasteiger charge is -2.32. The van der Waals surface area contributed by atoms with Gasteiger partial charge < -0.3 is 15.1 Å². The van der Waals surface area contributed by atoms with E-state index in [2.05, 4.69) is 17.3 Å². The van der Waals surface area contributed by atoms with Crippen LogP contribution in [0.15, 0.2) is 18.2 Å². The predicted molar refractivity (Wildman–Crippen MR) is 85.9 cm³/mol. The Morgan fingerprint density at radius 2 is 1.91 bits per heavy atom. The number of nitrogens with zero attached hydrogens (tertiary/aromatic N) is 2. The van der Waals surface area contributed by atoms with Crippen LogP contribution >= 0.6 is 0 Å². The average Bonchev–Trinajstić information content (AvgIpc) is 2.70. The van der Waals surface area contributed by atoms with E-state index in [-0.39, 0.29) is 11.8 Å². The van der Waals surface area contributed by atoms with Crippen LogP contribution in [0.5, 0.6) is 0 Å². The molecule has 1 aromatic rings. The zero-order valence-corrected chi connectivity index (χ0v) is 13.5. The summed E-state index contributed by atoms with van der Waals surface area (Å²) in [6.45, 7) is 7.29. The number of hydrogen-bond acceptors (Lipinski definition) is 3. The molecule has 22 heavy (non-hydrogen) atoms. The van der Waals surface area contributed by atoms with Crippen LogP contribution in [0.4, 0.5) is 5.69 Å². The number of benzene rings is 1. The first-order chi connectivity index (χ1) is 10.4. The van der Waals surface area contributed by atoms with Gasteiger partial charge in [-0.05, 0) is 38.1 Å². The van der Waals surface area contributed by atoms with Crippen molar-refractivity contribution in [1.82, 2.24) is 9.80 Å². The molecule has 2 amide bonds. The minimum Gasteiger partial charge on any atom is -0.340 e. The molecule has 118 valence electrons. The fourth-order valence-electron chi connectivity index (χ4n) is 3.07. The number of amides is 2. The number of rotatable bonds is 2. The summed E-state index contributed by atoms with van der Waals surface area (Å²) in [5.41, 5.74) is 2.31. The van der Waals surface area contributed by atoms with Gasteiger partial charge in [-0.2, -0.15) is 0 Å². The quantitative estimate of drug-likeness (QED) is 0.894. The van der Waals surface area contributed by atoms with E-state index >= 15 is 0 Å². The Bertz CT molecular complexity index is 616. The fourth-order valence-corrected chi connectivity index (χ4v) is 3.07. The van der Waals surface area contributed by atoms with Crippen molar-refractivity contribution >= 4 is 17.5 Å². The number of likely N-dealkylation sites (N-methyl/N-ethyl adjacent to an activating group) is 1. The van der Waals surface area contributed by atoms with Gasteiger partial charge in [0.15, 0.2) is 0 Å². The van der Waals surface area contributed by atoms with E-state index in [0.29, 0.717) is 6.42 Å². The molecule has 1 fully saturated rings. The summed E-state index contributed by atoms with van der Waals surface area (Å²) < 4.78 is 0. The molecule has 0 atom stereocenters. The van der Waals surface area contributed by atoms with Crippen LogP contribution in [0, 0.1) is 0 Å². The maximum absolute atomic E-state index is 12.4. The minimum absolute atomic E-state index is 0.0186. The number of fused-ring (bicyclic) bond motifs is 1. The van der Waals surface area contributed by atoms with E-state index in [0.717, 1.165) is 43.0 Å². The van der Waals surface area contributed by atoms with Gasteiger partial charge in [-0.3, -0.25) is 9.59 Å². The van der Waals surface area contributed by atoms with Gasteiger partial charge in [-0.15, -0.1) is 0 Å². The molecule has 0 aliphatic carbocycles. The van der Waals surface area contributed by atoms with Crippen molar-refractivity contribution in [2.45, 2.75) is 25.7 Å². The van der Waals surface area contributed by atoms with Crippen molar-refractivity contribution in [3.63, 3.8) is 0 Å². The summed E-state index contributed by atoms with van der Waals surface area (Å²) >= 11 is 0. The average molecular weight is 301 g/mol. The number of carbonyl (C=O) groups excluding carboxylic acids is 2. The lowest BCUT2D eigenvalue weighted by atomic mass is 9.85. The molecule has 0 unspecified atom stereocenters. The van der Waals surface area contributed by atoms with Crippen LogP contribution in [0.25, 0.3) is 0 Å². The number of hydrogen-bond donors (Lipinski definition) is 1. The molecule has 1 N–H and O–H groups in total. The van der Waals surface area contributed by atoms with Crippen molar-refractivity contribution < 1.29 is 9.59 Å². The predicted octanol–water partition coefficient (Wildman–Crippen LogP) is 1.23. The topological polar surface area (TPSA) is 52.7 Å². The highest BCUT2D eigenvalue weighted by atomic mass is 16.2. The van der Waals surface area contributed by atoms with E-state index in [9.17, 15) is 9.59 Å². The number of piperazine rings is 1. The Balaban J connectivity index is 1.73. The summed E-state index contributed by atoms with van der Waals surface area (Å²) in [5, 5.41) is 2.90. The van der Waals surface area contributed by atoms with Crippen LogP contribution in [-0.2, 0) is 21.4 Å². The van der Waals surface area contributed by atoms with Crippen molar-refractivity contribution in [2.24, 2.45) is 0 Å². The molecular formula is C17H23N3O2. The van der Waals surface area contributed by atoms with Crippen LogP contribution < -0.4 is 5.32 Å². The van der Waals surface area contributed by atoms with Crippen molar-refractivity contribution in [1.29, 1.82) is 0 Å². The van der Waals surface area contributed by atoms with Crippen LogP contribution in [-0.4, -0.2) is 54.8 Å². The Hall–Kier alpha value is -1.88. The number of anilines is 1. The van der Waals surface area contributed by atoms with Crippen LogP contribution in [0.2, 0.25) is 0 Å². The zero-order valence-electron chi connectivity index (χ0n) is 13.5. The Morgan fingerprint density at radius 1 is 1.23 bits per heavy atom. The highest BCUT2D eigenvalue weighted by Gasteiger charge is 2.38. The highest BCUT2D eigenvalue weighted by Crippen LogP contribution is 2.37. The minimum atomic E-state index is -0.526.